The fraction of sp³-hybridized carbons (Fsp3) is 0.316. The lowest BCUT2D eigenvalue weighted by atomic mass is 10.0. The Morgan fingerprint density at radius 3 is 2.67 bits per heavy atom. The molecule has 0 aliphatic heterocycles. The normalized spacial score (nSPS) is 16.1. The van der Waals surface area contributed by atoms with Gasteiger partial charge >= 0.3 is 0 Å². The Bertz CT molecular complexity index is 1010. The van der Waals surface area contributed by atoms with E-state index in [9.17, 15) is 9.50 Å². The highest BCUT2D eigenvalue weighted by Crippen LogP contribution is 2.31. The molecule has 0 atom stereocenters. The Kier molecular flexibility index (Phi) is 5.17. The predicted octanol–water partition coefficient (Wildman–Crippen LogP) is 3.49. The lowest BCUT2D eigenvalue weighted by Crippen LogP contribution is -2.19. The average molecular weight is 390 g/mol. The van der Waals surface area contributed by atoms with Gasteiger partial charge in [-0.15, -0.1) is 12.4 Å². The molecule has 0 amide bonds. The number of nitrogen functional groups attached to an aromatic ring is 1. The van der Waals surface area contributed by atoms with Crippen LogP contribution < -0.4 is 5.73 Å². The van der Waals surface area contributed by atoms with Crippen LogP contribution in [0.2, 0.25) is 0 Å². The maximum atomic E-state index is 13.5. The van der Waals surface area contributed by atoms with Gasteiger partial charge in [0.05, 0.1) is 5.60 Å². The van der Waals surface area contributed by atoms with Crippen molar-refractivity contribution in [3.63, 3.8) is 0 Å². The van der Waals surface area contributed by atoms with Crippen LogP contribution in [-0.2, 0) is 7.05 Å². The average Bonchev–Trinajstić information content (AvgIpc) is 3.18. The summed E-state index contributed by atoms with van der Waals surface area (Å²) >= 11 is 0. The highest BCUT2D eigenvalue weighted by Gasteiger charge is 2.28. The number of rotatable bonds is 3. The van der Waals surface area contributed by atoms with Gasteiger partial charge in [0.25, 0.3) is 0 Å². The monoisotopic (exact) mass is 389 g/mol. The minimum atomic E-state index is -0.785. The molecule has 1 aliphatic carbocycles. The number of hydrogen-bond donors (Lipinski definition) is 2. The number of nitrogens with two attached hydrogens (primary N) is 1. The largest absolute Gasteiger partial charge is 0.386 e. The zero-order valence-electron chi connectivity index (χ0n) is 14.9. The second kappa shape index (κ2) is 7.25. The van der Waals surface area contributed by atoms with Gasteiger partial charge in [-0.2, -0.15) is 0 Å². The van der Waals surface area contributed by atoms with Crippen LogP contribution in [0.1, 0.15) is 31.5 Å². The number of aromatic nitrogens is 4. The molecule has 0 radical (unpaired) electrons. The number of aryl methyl sites for hydroxylation is 1. The first-order valence-electron chi connectivity index (χ1n) is 8.63. The molecule has 1 aromatic carbocycles. The first-order valence-corrected chi connectivity index (χ1v) is 8.63. The lowest BCUT2D eigenvalue weighted by Gasteiger charge is -2.16. The molecule has 1 fully saturated rings. The molecule has 8 heteroatoms. The Hall–Kier alpha value is -2.51. The van der Waals surface area contributed by atoms with Crippen molar-refractivity contribution in [2.24, 2.45) is 7.05 Å². The molecule has 2 heterocycles. The number of imidazole rings is 1. The Morgan fingerprint density at radius 2 is 1.96 bits per heavy atom. The maximum Gasteiger partial charge on any atom is 0.166 e. The molecule has 4 rings (SSSR count). The number of anilines is 1. The first-order chi connectivity index (χ1) is 12.5. The van der Waals surface area contributed by atoms with Crippen LogP contribution in [0.4, 0.5) is 10.2 Å². The van der Waals surface area contributed by atoms with Gasteiger partial charge in [0, 0.05) is 12.6 Å². The van der Waals surface area contributed by atoms with Crippen molar-refractivity contribution in [3.05, 3.63) is 42.0 Å². The number of fused-ring (bicyclic) bond motifs is 1. The predicted molar refractivity (Wildman–Crippen MR) is 106 cm³/mol. The van der Waals surface area contributed by atoms with Gasteiger partial charge in [0.2, 0.25) is 0 Å². The van der Waals surface area contributed by atoms with Crippen molar-refractivity contribution < 1.29 is 9.50 Å². The van der Waals surface area contributed by atoms with Crippen LogP contribution in [0.15, 0.2) is 30.3 Å². The minimum Gasteiger partial charge on any atom is -0.386 e. The van der Waals surface area contributed by atoms with Crippen molar-refractivity contribution in [3.8, 4) is 11.4 Å². The van der Waals surface area contributed by atoms with Gasteiger partial charge in [-0.05, 0) is 37.1 Å². The van der Waals surface area contributed by atoms with Crippen LogP contribution in [0, 0.1) is 5.82 Å². The van der Waals surface area contributed by atoms with E-state index in [1.165, 1.54) is 12.1 Å². The summed E-state index contributed by atoms with van der Waals surface area (Å²) in [6.45, 7) is 0. The fourth-order valence-electron chi connectivity index (χ4n) is 3.44. The Balaban J connectivity index is 0.00000210. The van der Waals surface area contributed by atoms with Gasteiger partial charge < -0.3 is 15.4 Å². The third kappa shape index (κ3) is 3.65. The molecular weight excluding hydrogens is 369 g/mol. The molecule has 27 heavy (non-hydrogen) atoms. The molecule has 142 valence electrons. The lowest BCUT2D eigenvalue weighted by molar-refractivity contribution is 0.100. The summed E-state index contributed by atoms with van der Waals surface area (Å²) in [6, 6.07) is 6.22. The van der Waals surface area contributed by atoms with Gasteiger partial charge in [-0.1, -0.05) is 25.0 Å². The molecule has 6 nitrogen and oxygen atoms in total. The summed E-state index contributed by atoms with van der Waals surface area (Å²) in [5.74, 6) is 0.911. The summed E-state index contributed by atoms with van der Waals surface area (Å²) in [5, 5.41) is 10.4. The highest BCUT2D eigenvalue weighted by molar-refractivity contribution is 5.86. The van der Waals surface area contributed by atoms with E-state index < -0.39 is 5.60 Å². The minimum absolute atomic E-state index is 0. The third-order valence-electron chi connectivity index (χ3n) is 4.86. The molecule has 0 unspecified atom stereocenters. The zero-order chi connectivity index (χ0) is 18.3. The van der Waals surface area contributed by atoms with E-state index in [0.717, 1.165) is 25.7 Å². The molecule has 3 N–H and O–H groups in total. The molecule has 0 spiro atoms. The second-order valence-electron chi connectivity index (χ2n) is 6.79. The van der Waals surface area contributed by atoms with Crippen LogP contribution in [0.3, 0.4) is 0 Å². The number of aliphatic hydroxyl groups is 1. The van der Waals surface area contributed by atoms with Crippen molar-refractivity contribution in [1.29, 1.82) is 0 Å². The smallest absolute Gasteiger partial charge is 0.166 e. The summed E-state index contributed by atoms with van der Waals surface area (Å²) < 4.78 is 15.3. The van der Waals surface area contributed by atoms with Crippen molar-refractivity contribution >= 4 is 35.5 Å². The Labute approximate surface area is 162 Å². The molecule has 1 saturated carbocycles. The molecule has 2 aromatic heterocycles. The summed E-state index contributed by atoms with van der Waals surface area (Å²) in [5.41, 5.74) is 6.96. The molecule has 1 aliphatic rings. The number of halogens is 2. The van der Waals surface area contributed by atoms with E-state index in [0.29, 0.717) is 28.4 Å². The SMILES string of the molecule is Cl.Cn1c(-c2cccc(F)c2)nc2c(N)nc(/C=C\C3(O)CCCC3)nc21. The van der Waals surface area contributed by atoms with E-state index in [1.807, 2.05) is 0 Å². The quantitative estimate of drug-likeness (QED) is 0.715. The summed E-state index contributed by atoms with van der Waals surface area (Å²) in [6.07, 6.45) is 6.98. The van der Waals surface area contributed by atoms with E-state index in [4.69, 9.17) is 5.73 Å². The van der Waals surface area contributed by atoms with E-state index in [1.54, 1.807) is 35.9 Å². The third-order valence-corrected chi connectivity index (χ3v) is 4.86. The summed E-state index contributed by atoms with van der Waals surface area (Å²) in [4.78, 5) is 13.3. The number of hydrogen-bond acceptors (Lipinski definition) is 5. The molecular formula is C19H21ClFN5O. The molecule has 0 saturated heterocycles. The standard InChI is InChI=1S/C19H20FN5O.ClH/c1-25-17(12-5-4-6-13(20)11-12)24-15-16(21)22-14(23-18(15)25)7-10-19(26)8-2-3-9-19;/h4-7,10-11,26H,2-3,8-9H2,1H3,(H2,21,22,23);1H/b10-7-;. The first kappa shape index (κ1) is 19.3. The summed E-state index contributed by atoms with van der Waals surface area (Å²) in [7, 11) is 1.81. The highest BCUT2D eigenvalue weighted by atomic mass is 35.5. The van der Waals surface area contributed by atoms with Crippen LogP contribution in [0.5, 0.6) is 0 Å². The second-order valence-corrected chi connectivity index (χ2v) is 6.79. The number of benzene rings is 1. The maximum absolute atomic E-state index is 13.5. The van der Waals surface area contributed by atoms with Gasteiger partial charge in [-0.3, -0.25) is 0 Å². The van der Waals surface area contributed by atoms with E-state index in [2.05, 4.69) is 15.0 Å². The topological polar surface area (TPSA) is 89.9 Å². The van der Waals surface area contributed by atoms with E-state index >= 15 is 0 Å². The van der Waals surface area contributed by atoms with Gasteiger partial charge in [0.1, 0.15) is 11.6 Å². The van der Waals surface area contributed by atoms with Gasteiger partial charge in [-0.25, -0.2) is 19.3 Å². The number of nitrogens with zero attached hydrogens (tertiary/aromatic N) is 4. The van der Waals surface area contributed by atoms with Crippen molar-refractivity contribution in [2.75, 3.05) is 5.73 Å². The molecule has 0 bridgehead atoms. The van der Waals surface area contributed by atoms with E-state index in [-0.39, 0.29) is 24.0 Å². The zero-order valence-corrected chi connectivity index (χ0v) is 15.7. The Morgan fingerprint density at radius 1 is 1.22 bits per heavy atom. The van der Waals surface area contributed by atoms with Crippen LogP contribution in [-0.4, -0.2) is 30.2 Å². The van der Waals surface area contributed by atoms with Crippen LogP contribution >= 0.6 is 12.4 Å². The molecule has 3 aromatic rings. The fourth-order valence-corrected chi connectivity index (χ4v) is 3.44. The van der Waals surface area contributed by atoms with Crippen molar-refractivity contribution in [1.82, 2.24) is 19.5 Å². The van der Waals surface area contributed by atoms with Crippen LogP contribution in [0.25, 0.3) is 28.6 Å². The van der Waals surface area contributed by atoms with Crippen molar-refractivity contribution in [2.45, 2.75) is 31.3 Å². The van der Waals surface area contributed by atoms with Gasteiger partial charge in [0.15, 0.2) is 22.8 Å².